The lowest BCUT2D eigenvalue weighted by Gasteiger charge is -2.08. The Hall–Kier alpha value is -2.59. The molecule has 0 unspecified atom stereocenters. The fraction of sp³-hybridized carbons (Fsp3) is 0.250. The van der Waals surface area contributed by atoms with Crippen molar-refractivity contribution >= 4 is 17.4 Å². The molecule has 118 valence electrons. The summed E-state index contributed by atoms with van der Waals surface area (Å²) >= 11 is 1.44. The number of pyridine rings is 1. The molecule has 2 aromatic rings. The number of thioether (sulfide) groups is 1. The van der Waals surface area contributed by atoms with Crippen LogP contribution < -0.4 is 4.74 Å². The van der Waals surface area contributed by atoms with Crippen LogP contribution in [0.3, 0.4) is 0 Å². The second-order valence-corrected chi connectivity index (χ2v) is 5.91. The molecule has 0 atom stereocenters. The molecule has 0 amide bonds. The largest absolute Gasteiger partial charge is 0.492 e. The zero-order chi connectivity index (χ0) is 16.8. The van der Waals surface area contributed by atoms with Gasteiger partial charge in [0, 0.05) is 17.5 Å². The normalized spacial score (nSPS) is 10.1. The molecule has 1 heterocycles. The number of rotatable bonds is 6. The number of benzene rings is 1. The minimum atomic E-state index is -0.458. The minimum absolute atomic E-state index is 0.00195. The van der Waals surface area contributed by atoms with Crippen LogP contribution >= 0.6 is 11.8 Å². The Labute approximate surface area is 138 Å². The third-order valence-electron chi connectivity index (χ3n) is 3.04. The van der Waals surface area contributed by atoms with Crippen LogP contribution in [0.5, 0.6) is 5.75 Å². The lowest BCUT2D eigenvalue weighted by molar-refractivity contribution is -0.384. The second-order valence-electron chi connectivity index (χ2n) is 4.82. The van der Waals surface area contributed by atoms with Crippen molar-refractivity contribution in [2.24, 2.45) is 0 Å². The van der Waals surface area contributed by atoms with Gasteiger partial charge >= 0.3 is 0 Å². The quantitative estimate of drug-likeness (QED) is 0.348. The van der Waals surface area contributed by atoms with E-state index in [9.17, 15) is 15.4 Å². The van der Waals surface area contributed by atoms with E-state index in [0.717, 1.165) is 11.3 Å². The van der Waals surface area contributed by atoms with Crippen molar-refractivity contribution in [1.29, 1.82) is 5.26 Å². The van der Waals surface area contributed by atoms with E-state index in [1.807, 2.05) is 19.9 Å². The van der Waals surface area contributed by atoms with Gasteiger partial charge in [-0.3, -0.25) is 10.1 Å². The molecule has 0 saturated carbocycles. The van der Waals surface area contributed by atoms with E-state index in [-0.39, 0.29) is 5.69 Å². The molecule has 1 aromatic carbocycles. The molecular weight excluding hydrogens is 314 g/mol. The van der Waals surface area contributed by atoms with E-state index in [1.54, 1.807) is 12.1 Å². The summed E-state index contributed by atoms with van der Waals surface area (Å²) in [5, 5.41) is 20.6. The van der Waals surface area contributed by atoms with Crippen molar-refractivity contribution in [2.75, 3.05) is 12.4 Å². The van der Waals surface area contributed by atoms with Gasteiger partial charge in [0.15, 0.2) is 0 Å². The summed E-state index contributed by atoms with van der Waals surface area (Å²) in [5.41, 5.74) is 2.35. The van der Waals surface area contributed by atoms with Crippen LogP contribution in [-0.4, -0.2) is 22.3 Å². The number of ether oxygens (including phenoxy) is 1. The predicted molar refractivity (Wildman–Crippen MR) is 87.7 cm³/mol. The molecule has 7 heteroatoms. The summed E-state index contributed by atoms with van der Waals surface area (Å²) in [7, 11) is 0. The summed E-state index contributed by atoms with van der Waals surface area (Å²) in [6.07, 6.45) is 0. The first-order valence-electron chi connectivity index (χ1n) is 6.89. The number of hydrogen-bond donors (Lipinski definition) is 0. The Morgan fingerprint density at radius 1 is 1.39 bits per heavy atom. The van der Waals surface area contributed by atoms with Gasteiger partial charge in [-0.05, 0) is 31.5 Å². The van der Waals surface area contributed by atoms with Crippen molar-refractivity contribution in [3.8, 4) is 11.8 Å². The van der Waals surface area contributed by atoms with Crippen molar-refractivity contribution in [3.05, 3.63) is 57.3 Å². The summed E-state index contributed by atoms with van der Waals surface area (Å²) in [6, 6.07) is 10.1. The standard InChI is InChI=1S/C16H15N3O3S/c1-11-8-12(2)18-16(15(11)10-17)23-7-6-22-14-5-3-4-13(9-14)19(20)21/h3-5,8-9H,6-7H2,1-2H3. The zero-order valence-corrected chi connectivity index (χ0v) is 13.6. The average Bonchev–Trinajstić information content (AvgIpc) is 2.51. The lowest BCUT2D eigenvalue weighted by atomic mass is 10.1. The minimum Gasteiger partial charge on any atom is -0.492 e. The van der Waals surface area contributed by atoms with E-state index in [4.69, 9.17) is 4.74 Å². The topological polar surface area (TPSA) is 89.0 Å². The molecule has 6 nitrogen and oxygen atoms in total. The van der Waals surface area contributed by atoms with Gasteiger partial charge in [0.05, 0.1) is 23.2 Å². The highest BCUT2D eigenvalue weighted by Gasteiger charge is 2.10. The predicted octanol–water partition coefficient (Wildman–Crippen LogP) is 3.65. The van der Waals surface area contributed by atoms with Crippen LogP contribution in [0.2, 0.25) is 0 Å². The second kappa shape index (κ2) is 7.61. The highest BCUT2D eigenvalue weighted by atomic mass is 32.2. The third-order valence-corrected chi connectivity index (χ3v) is 3.98. The maximum Gasteiger partial charge on any atom is 0.273 e. The van der Waals surface area contributed by atoms with E-state index < -0.39 is 4.92 Å². The molecule has 0 aliphatic carbocycles. The lowest BCUT2D eigenvalue weighted by Crippen LogP contribution is -2.02. The first kappa shape index (κ1) is 16.8. The monoisotopic (exact) mass is 329 g/mol. The van der Waals surface area contributed by atoms with Gasteiger partial charge < -0.3 is 4.74 Å². The van der Waals surface area contributed by atoms with Crippen LogP contribution in [0.1, 0.15) is 16.8 Å². The molecule has 2 rings (SSSR count). The molecule has 0 saturated heterocycles. The van der Waals surface area contributed by atoms with Crippen molar-refractivity contribution in [3.63, 3.8) is 0 Å². The SMILES string of the molecule is Cc1cc(C)c(C#N)c(SCCOc2cccc([N+](=O)[O-])c2)n1. The molecule has 0 aliphatic rings. The molecule has 1 aromatic heterocycles. The van der Waals surface area contributed by atoms with Crippen molar-refractivity contribution in [2.45, 2.75) is 18.9 Å². The molecular formula is C16H15N3O3S. The van der Waals surface area contributed by atoms with E-state index in [1.165, 1.54) is 23.9 Å². The molecule has 0 fully saturated rings. The molecule has 0 N–H and O–H groups in total. The highest BCUT2D eigenvalue weighted by Crippen LogP contribution is 2.24. The number of nitrogens with zero attached hydrogens (tertiary/aromatic N) is 3. The summed E-state index contributed by atoms with van der Waals surface area (Å²) < 4.78 is 5.52. The highest BCUT2D eigenvalue weighted by molar-refractivity contribution is 7.99. The Kier molecular flexibility index (Phi) is 5.55. The third kappa shape index (κ3) is 4.44. The van der Waals surface area contributed by atoms with Crippen molar-refractivity contribution < 1.29 is 9.66 Å². The van der Waals surface area contributed by atoms with E-state index in [0.29, 0.717) is 28.7 Å². The number of hydrogen-bond acceptors (Lipinski definition) is 6. The van der Waals surface area contributed by atoms with Gasteiger partial charge in [0.1, 0.15) is 16.8 Å². The van der Waals surface area contributed by atoms with Crippen LogP contribution in [0.15, 0.2) is 35.4 Å². The van der Waals surface area contributed by atoms with Gasteiger partial charge in [0.2, 0.25) is 0 Å². The first-order valence-corrected chi connectivity index (χ1v) is 7.88. The van der Waals surface area contributed by atoms with E-state index >= 15 is 0 Å². The van der Waals surface area contributed by atoms with Crippen LogP contribution in [0, 0.1) is 35.3 Å². The van der Waals surface area contributed by atoms with Crippen LogP contribution in [0.4, 0.5) is 5.69 Å². The molecule has 0 radical (unpaired) electrons. The van der Waals surface area contributed by atoms with Crippen LogP contribution in [-0.2, 0) is 0 Å². The van der Waals surface area contributed by atoms with Crippen molar-refractivity contribution in [1.82, 2.24) is 4.98 Å². The van der Waals surface area contributed by atoms with Gasteiger partial charge in [-0.25, -0.2) is 4.98 Å². The Bertz CT molecular complexity index is 772. The first-order chi connectivity index (χ1) is 11.0. The number of non-ortho nitro benzene ring substituents is 1. The fourth-order valence-corrected chi connectivity index (χ4v) is 2.95. The number of aromatic nitrogens is 1. The van der Waals surface area contributed by atoms with Gasteiger partial charge in [-0.15, -0.1) is 11.8 Å². The Balaban J connectivity index is 1.95. The Morgan fingerprint density at radius 3 is 2.87 bits per heavy atom. The molecule has 0 aliphatic heterocycles. The van der Waals surface area contributed by atoms with Gasteiger partial charge in [-0.2, -0.15) is 5.26 Å². The number of nitro benzene ring substituents is 1. The maximum atomic E-state index is 10.7. The molecule has 0 bridgehead atoms. The fourth-order valence-electron chi connectivity index (χ4n) is 2.03. The summed E-state index contributed by atoms with van der Waals surface area (Å²) in [4.78, 5) is 14.6. The van der Waals surface area contributed by atoms with Crippen LogP contribution in [0.25, 0.3) is 0 Å². The van der Waals surface area contributed by atoms with Gasteiger partial charge in [-0.1, -0.05) is 6.07 Å². The number of nitro groups is 1. The van der Waals surface area contributed by atoms with Gasteiger partial charge in [0.25, 0.3) is 5.69 Å². The smallest absolute Gasteiger partial charge is 0.273 e. The Morgan fingerprint density at radius 2 is 2.17 bits per heavy atom. The van der Waals surface area contributed by atoms with E-state index in [2.05, 4.69) is 11.1 Å². The summed E-state index contributed by atoms with van der Waals surface area (Å²) in [5.74, 6) is 1.04. The zero-order valence-electron chi connectivity index (χ0n) is 12.8. The molecule has 23 heavy (non-hydrogen) atoms. The number of nitriles is 1. The average molecular weight is 329 g/mol. The summed E-state index contributed by atoms with van der Waals surface area (Å²) in [6.45, 7) is 4.14. The number of aryl methyl sites for hydroxylation is 2. The molecule has 0 spiro atoms. The maximum absolute atomic E-state index is 10.7.